The van der Waals surface area contributed by atoms with Gasteiger partial charge in [0.15, 0.2) is 5.65 Å². The predicted molar refractivity (Wildman–Crippen MR) is 105 cm³/mol. The third-order valence-electron chi connectivity index (χ3n) is 4.58. The molecule has 0 atom stereocenters. The van der Waals surface area contributed by atoms with E-state index in [0.717, 1.165) is 12.8 Å². The molecule has 1 saturated carbocycles. The standard InChI is InChI=1S/C20H23N5O4/c1-11-7-16(24(14-5-6-14)19(28)29-20(2,3)4)25-17(22-11)13(10-21-25)8-12-9-15(26)23-18(12)27/h7-8,10,14H,5-6,9H2,1-4H3,(H,23,26,27)/b12-8+. The van der Waals surface area contributed by atoms with E-state index in [4.69, 9.17) is 4.74 Å². The molecule has 29 heavy (non-hydrogen) atoms. The zero-order valence-corrected chi connectivity index (χ0v) is 16.9. The second-order valence-electron chi connectivity index (χ2n) is 8.40. The number of anilines is 1. The highest BCUT2D eigenvalue weighted by Crippen LogP contribution is 2.34. The lowest BCUT2D eigenvalue weighted by Crippen LogP contribution is -2.39. The second kappa shape index (κ2) is 6.68. The van der Waals surface area contributed by atoms with Crippen LogP contribution in [-0.4, -0.2) is 44.1 Å². The molecule has 0 unspecified atom stereocenters. The van der Waals surface area contributed by atoms with Gasteiger partial charge in [0.2, 0.25) is 5.91 Å². The summed E-state index contributed by atoms with van der Waals surface area (Å²) in [5, 5.41) is 6.66. The van der Waals surface area contributed by atoms with E-state index < -0.39 is 17.6 Å². The van der Waals surface area contributed by atoms with Gasteiger partial charge in [0, 0.05) is 28.9 Å². The second-order valence-corrected chi connectivity index (χ2v) is 8.40. The summed E-state index contributed by atoms with van der Waals surface area (Å²) < 4.78 is 7.19. The first-order valence-corrected chi connectivity index (χ1v) is 9.55. The molecule has 0 aromatic carbocycles. The first-order valence-electron chi connectivity index (χ1n) is 9.55. The maximum absolute atomic E-state index is 12.9. The highest BCUT2D eigenvalue weighted by molar-refractivity contribution is 6.15. The maximum Gasteiger partial charge on any atom is 0.416 e. The van der Waals surface area contributed by atoms with Crippen LogP contribution in [0.3, 0.4) is 0 Å². The molecule has 9 heteroatoms. The molecule has 0 spiro atoms. The third kappa shape index (κ3) is 3.85. The smallest absolute Gasteiger partial charge is 0.416 e. The van der Waals surface area contributed by atoms with Crippen molar-refractivity contribution in [2.45, 2.75) is 58.6 Å². The van der Waals surface area contributed by atoms with Gasteiger partial charge in [-0.05, 0) is 46.6 Å². The van der Waals surface area contributed by atoms with E-state index in [1.807, 2.05) is 27.7 Å². The molecule has 3 heterocycles. The SMILES string of the molecule is Cc1cc(N(C(=O)OC(C)(C)C)C2CC2)n2ncc(/C=C3\CC(=O)NC3=O)c2n1. The van der Waals surface area contributed by atoms with Crippen LogP contribution >= 0.6 is 0 Å². The zero-order chi connectivity index (χ0) is 20.9. The van der Waals surface area contributed by atoms with E-state index in [0.29, 0.717) is 28.3 Å². The summed E-state index contributed by atoms with van der Waals surface area (Å²) in [4.78, 5) is 42.4. The highest BCUT2D eigenvalue weighted by Gasteiger charge is 2.38. The molecule has 4 rings (SSSR count). The summed E-state index contributed by atoms with van der Waals surface area (Å²) in [5.41, 5.74) is 1.56. The van der Waals surface area contributed by atoms with Crippen LogP contribution in [0, 0.1) is 6.92 Å². The van der Waals surface area contributed by atoms with Crippen molar-refractivity contribution in [2.75, 3.05) is 4.90 Å². The number of nitrogens with one attached hydrogen (secondary N) is 1. The molecule has 0 bridgehead atoms. The van der Waals surface area contributed by atoms with Crippen LogP contribution < -0.4 is 10.2 Å². The lowest BCUT2D eigenvalue weighted by Gasteiger charge is -2.27. The van der Waals surface area contributed by atoms with Crippen LogP contribution in [0.2, 0.25) is 0 Å². The van der Waals surface area contributed by atoms with Crippen LogP contribution in [0.5, 0.6) is 0 Å². The third-order valence-corrected chi connectivity index (χ3v) is 4.58. The topological polar surface area (TPSA) is 106 Å². The molecule has 2 aromatic heterocycles. The lowest BCUT2D eigenvalue weighted by molar-refractivity contribution is -0.124. The first-order chi connectivity index (χ1) is 13.6. The van der Waals surface area contributed by atoms with Crippen LogP contribution in [-0.2, 0) is 14.3 Å². The molecule has 2 aromatic rings. The Morgan fingerprint density at radius 1 is 1.34 bits per heavy atom. The van der Waals surface area contributed by atoms with E-state index in [9.17, 15) is 14.4 Å². The lowest BCUT2D eigenvalue weighted by atomic mass is 10.1. The predicted octanol–water partition coefficient (Wildman–Crippen LogP) is 2.37. The van der Waals surface area contributed by atoms with E-state index >= 15 is 0 Å². The van der Waals surface area contributed by atoms with Crippen molar-refractivity contribution >= 4 is 35.4 Å². The van der Waals surface area contributed by atoms with Gasteiger partial charge in [-0.2, -0.15) is 9.61 Å². The van der Waals surface area contributed by atoms with Gasteiger partial charge in [-0.25, -0.2) is 9.78 Å². The molecule has 1 aliphatic carbocycles. The monoisotopic (exact) mass is 397 g/mol. The quantitative estimate of drug-likeness (QED) is 0.630. The molecular formula is C20H23N5O4. The number of aromatic nitrogens is 3. The molecule has 152 valence electrons. The first kappa shape index (κ1) is 19.1. The fourth-order valence-electron chi connectivity index (χ4n) is 3.24. The molecule has 3 amide bonds. The van der Waals surface area contributed by atoms with Crippen molar-refractivity contribution in [3.63, 3.8) is 0 Å². The Labute approximate surface area is 167 Å². The molecule has 1 aliphatic heterocycles. The number of amides is 3. The van der Waals surface area contributed by atoms with E-state index in [1.54, 1.807) is 27.8 Å². The van der Waals surface area contributed by atoms with Gasteiger partial charge in [0.25, 0.3) is 5.91 Å². The minimum atomic E-state index is -0.618. The van der Waals surface area contributed by atoms with Crippen molar-refractivity contribution < 1.29 is 19.1 Å². The molecule has 1 N–H and O–H groups in total. The zero-order valence-electron chi connectivity index (χ0n) is 16.9. The van der Waals surface area contributed by atoms with Gasteiger partial charge in [0.05, 0.1) is 12.6 Å². The van der Waals surface area contributed by atoms with E-state index in [-0.39, 0.29) is 18.4 Å². The highest BCUT2D eigenvalue weighted by atomic mass is 16.6. The Balaban J connectivity index is 1.78. The Morgan fingerprint density at radius 2 is 2.07 bits per heavy atom. The number of imide groups is 1. The molecule has 2 fully saturated rings. The number of nitrogens with zero attached hydrogens (tertiary/aromatic N) is 4. The van der Waals surface area contributed by atoms with Gasteiger partial charge >= 0.3 is 6.09 Å². The summed E-state index contributed by atoms with van der Waals surface area (Å²) >= 11 is 0. The summed E-state index contributed by atoms with van der Waals surface area (Å²) in [5.74, 6) is -0.163. The van der Waals surface area contributed by atoms with Gasteiger partial charge in [-0.1, -0.05) is 0 Å². The normalized spacial score (nSPS) is 18.4. The van der Waals surface area contributed by atoms with Crippen LogP contribution in [0.1, 0.15) is 51.3 Å². The number of hydrogen-bond donors (Lipinski definition) is 1. The van der Waals surface area contributed by atoms with Crippen LogP contribution in [0.4, 0.5) is 10.6 Å². The average Bonchev–Trinajstić information content (AvgIpc) is 3.25. The Hall–Kier alpha value is -3.23. The average molecular weight is 397 g/mol. The molecule has 1 saturated heterocycles. The Bertz CT molecular complexity index is 1060. The fraction of sp³-hybridized carbons (Fsp3) is 0.450. The Morgan fingerprint density at radius 3 is 2.66 bits per heavy atom. The summed E-state index contributed by atoms with van der Waals surface area (Å²) in [6.45, 7) is 7.32. The summed E-state index contributed by atoms with van der Waals surface area (Å²) in [6.07, 6.45) is 4.58. The van der Waals surface area contributed by atoms with E-state index in [2.05, 4.69) is 15.4 Å². The summed E-state index contributed by atoms with van der Waals surface area (Å²) in [7, 11) is 0. The number of carbonyl (C=O) groups is 3. The fourth-order valence-corrected chi connectivity index (χ4v) is 3.24. The van der Waals surface area contributed by atoms with Gasteiger partial charge < -0.3 is 4.74 Å². The minimum absolute atomic E-state index is 0.0287. The largest absolute Gasteiger partial charge is 0.443 e. The molecule has 0 radical (unpaired) electrons. The number of ether oxygens (including phenoxy) is 1. The number of aryl methyl sites for hydroxylation is 1. The number of hydrogen-bond acceptors (Lipinski definition) is 6. The van der Waals surface area contributed by atoms with Crippen molar-refractivity contribution in [2.24, 2.45) is 0 Å². The number of fused-ring (bicyclic) bond motifs is 1. The number of carbonyl (C=O) groups excluding carboxylic acids is 3. The van der Waals surface area contributed by atoms with Crippen LogP contribution in [0.15, 0.2) is 17.8 Å². The van der Waals surface area contributed by atoms with E-state index in [1.165, 1.54) is 0 Å². The molecular weight excluding hydrogens is 374 g/mol. The van der Waals surface area contributed by atoms with Gasteiger partial charge in [0.1, 0.15) is 11.4 Å². The van der Waals surface area contributed by atoms with Crippen molar-refractivity contribution in [3.8, 4) is 0 Å². The van der Waals surface area contributed by atoms with Crippen molar-refractivity contribution in [3.05, 3.63) is 29.1 Å². The van der Waals surface area contributed by atoms with Crippen LogP contribution in [0.25, 0.3) is 11.7 Å². The van der Waals surface area contributed by atoms with Gasteiger partial charge in [-0.15, -0.1) is 0 Å². The van der Waals surface area contributed by atoms with Crippen molar-refractivity contribution in [1.82, 2.24) is 19.9 Å². The minimum Gasteiger partial charge on any atom is -0.443 e. The number of rotatable bonds is 3. The van der Waals surface area contributed by atoms with Gasteiger partial charge in [-0.3, -0.25) is 19.8 Å². The van der Waals surface area contributed by atoms with Crippen molar-refractivity contribution in [1.29, 1.82) is 0 Å². The summed E-state index contributed by atoms with van der Waals surface area (Å²) in [6, 6.07) is 1.85. The maximum atomic E-state index is 12.9. The molecule has 9 nitrogen and oxygen atoms in total. The molecule has 2 aliphatic rings. The Kier molecular flexibility index (Phi) is 4.40.